The lowest BCUT2D eigenvalue weighted by Gasteiger charge is -2.31. The summed E-state index contributed by atoms with van der Waals surface area (Å²) < 4.78 is 2.19. The van der Waals surface area contributed by atoms with Crippen molar-refractivity contribution in [1.29, 1.82) is 0 Å². The Balaban J connectivity index is 1.57. The summed E-state index contributed by atoms with van der Waals surface area (Å²) in [6, 6.07) is 0. The molecule has 3 heterocycles. The fraction of sp³-hybridized carbons (Fsp3) is 0.533. The van der Waals surface area contributed by atoms with Crippen molar-refractivity contribution in [2.75, 3.05) is 19.6 Å². The lowest BCUT2D eigenvalue weighted by atomic mass is 9.95. The number of carbonyl (C=O) groups is 1. The Morgan fingerprint density at radius 2 is 2.18 bits per heavy atom. The van der Waals surface area contributed by atoms with Gasteiger partial charge in [0, 0.05) is 30.2 Å². The molecule has 0 radical (unpaired) electrons. The Labute approximate surface area is 133 Å². The van der Waals surface area contributed by atoms with Crippen molar-refractivity contribution in [2.45, 2.75) is 31.7 Å². The molecule has 0 bridgehead atoms. The number of rotatable bonds is 6. The van der Waals surface area contributed by atoms with Crippen LogP contribution in [-0.4, -0.2) is 50.1 Å². The van der Waals surface area contributed by atoms with Crippen LogP contribution in [0.2, 0.25) is 0 Å². The molecule has 22 heavy (non-hydrogen) atoms. The SMILES string of the molecule is O=C(O)CCN1CCC(c2nccn2Cc2cscn2)CC1. The predicted molar refractivity (Wildman–Crippen MR) is 84.1 cm³/mol. The maximum atomic E-state index is 10.6. The number of thiazole rings is 1. The molecule has 0 saturated carbocycles. The molecule has 2 aromatic rings. The number of hydrogen-bond donors (Lipinski definition) is 1. The molecule has 0 unspecified atom stereocenters. The Hall–Kier alpha value is -1.73. The highest BCUT2D eigenvalue weighted by Crippen LogP contribution is 2.27. The molecule has 2 aromatic heterocycles. The fourth-order valence-electron chi connectivity index (χ4n) is 2.97. The van der Waals surface area contributed by atoms with Crippen molar-refractivity contribution < 1.29 is 9.90 Å². The van der Waals surface area contributed by atoms with Crippen LogP contribution in [0.1, 0.15) is 36.7 Å². The molecule has 1 fully saturated rings. The quantitative estimate of drug-likeness (QED) is 0.882. The second-order valence-corrected chi connectivity index (χ2v) is 6.37. The molecule has 0 amide bonds. The predicted octanol–water partition coefficient (Wildman–Crippen LogP) is 2.04. The van der Waals surface area contributed by atoms with Gasteiger partial charge in [-0.25, -0.2) is 9.97 Å². The number of carboxylic acids is 1. The Bertz CT molecular complexity index is 603. The molecule has 1 aliphatic heterocycles. The number of imidazole rings is 1. The second kappa shape index (κ2) is 7.02. The minimum atomic E-state index is -0.721. The highest BCUT2D eigenvalue weighted by molar-refractivity contribution is 7.07. The van der Waals surface area contributed by atoms with Crippen molar-refractivity contribution in [3.05, 3.63) is 34.8 Å². The molecular formula is C15H20N4O2S. The van der Waals surface area contributed by atoms with Gasteiger partial charge in [-0.2, -0.15) is 0 Å². The number of likely N-dealkylation sites (tertiary alicyclic amines) is 1. The van der Waals surface area contributed by atoms with Gasteiger partial charge in [0.05, 0.1) is 24.2 Å². The van der Waals surface area contributed by atoms with E-state index in [1.165, 1.54) is 0 Å². The number of aliphatic carboxylic acids is 1. The number of aromatic nitrogens is 3. The molecule has 0 aliphatic carbocycles. The van der Waals surface area contributed by atoms with E-state index in [2.05, 4.69) is 24.8 Å². The topological polar surface area (TPSA) is 71.2 Å². The van der Waals surface area contributed by atoms with Gasteiger partial charge in [0.25, 0.3) is 0 Å². The van der Waals surface area contributed by atoms with Gasteiger partial charge in [-0.1, -0.05) is 0 Å². The average molecular weight is 320 g/mol. The first kappa shape index (κ1) is 15.2. The van der Waals surface area contributed by atoms with Crippen LogP contribution in [0, 0.1) is 0 Å². The molecule has 0 spiro atoms. The van der Waals surface area contributed by atoms with Crippen molar-refractivity contribution in [1.82, 2.24) is 19.4 Å². The van der Waals surface area contributed by atoms with E-state index >= 15 is 0 Å². The Morgan fingerprint density at radius 1 is 1.36 bits per heavy atom. The van der Waals surface area contributed by atoms with Crippen molar-refractivity contribution in [2.24, 2.45) is 0 Å². The minimum Gasteiger partial charge on any atom is -0.481 e. The third-order valence-electron chi connectivity index (χ3n) is 4.16. The molecule has 0 aromatic carbocycles. The van der Waals surface area contributed by atoms with Crippen LogP contribution in [0.5, 0.6) is 0 Å². The van der Waals surface area contributed by atoms with Gasteiger partial charge >= 0.3 is 5.97 Å². The number of nitrogens with zero attached hydrogens (tertiary/aromatic N) is 4. The van der Waals surface area contributed by atoms with Crippen LogP contribution in [0.4, 0.5) is 0 Å². The molecule has 3 rings (SSSR count). The first-order chi connectivity index (χ1) is 10.7. The largest absolute Gasteiger partial charge is 0.481 e. The van der Waals surface area contributed by atoms with Crippen LogP contribution in [-0.2, 0) is 11.3 Å². The number of hydrogen-bond acceptors (Lipinski definition) is 5. The molecule has 0 atom stereocenters. The van der Waals surface area contributed by atoms with Crippen molar-refractivity contribution >= 4 is 17.3 Å². The van der Waals surface area contributed by atoms with E-state index in [4.69, 9.17) is 5.11 Å². The van der Waals surface area contributed by atoms with Gasteiger partial charge in [-0.05, 0) is 25.9 Å². The first-order valence-corrected chi connectivity index (χ1v) is 8.49. The standard InChI is InChI=1S/C15H20N4O2S/c20-14(21)3-7-18-5-1-12(2-6-18)15-16-4-8-19(15)9-13-10-22-11-17-13/h4,8,10-12H,1-3,5-7,9H2,(H,20,21). The maximum Gasteiger partial charge on any atom is 0.304 e. The van der Waals surface area contributed by atoms with Gasteiger partial charge in [0.2, 0.25) is 0 Å². The Kier molecular flexibility index (Phi) is 4.84. The summed E-state index contributed by atoms with van der Waals surface area (Å²) >= 11 is 1.61. The highest BCUT2D eigenvalue weighted by atomic mass is 32.1. The maximum absolute atomic E-state index is 10.6. The van der Waals surface area contributed by atoms with Gasteiger partial charge in [-0.3, -0.25) is 4.79 Å². The number of carboxylic acid groups (broad SMARTS) is 1. The minimum absolute atomic E-state index is 0.225. The molecule has 7 heteroatoms. The van der Waals surface area contributed by atoms with Crippen molar-refractivity contribution in [3.63, 3.8) is 0 Å². The lowest BCUT2D eigenvalue weighted by Crippen LogP contribution is -2.35. The van der Waals surface area contributed by atoms with E-state index in [9.17, 15) is 4.79 Å². The molecule has 6 nitrogen and oxygen atoms in total. The third kappa shape index (κ3) is 3.72. The van der Waals surface area contributed by atoms with Gasteiger partial charge in [-0.15, -0.1) is 11.3 Å². The van der Waals surface area contributed by atoms with Crippen LogP contribution >= 0.6 is 11.3 Å². The lowest BCUT2D eigenvalue weighted by molar-refractivity contribution is -0.137. The first-order valence-electron chi connectivity index (χ1n) is 7.54. The van der Waals surface area contributed by atoms with Gasteiger partial charge in [0.1, 0.15) is 5.82 Å². The molecule has 118 valence electrons. The normalized spacial score (nSPS) is 16.9. The molecule has 1 aliphatic rings. The Morgan fingerprint density at radius 3 is 2.86 bits per heavy atom. The zero-order valence-electron chi connectivity index (χ0n) is 12.4. The summed E-state index contributed by atoms with van der Waals surface area (Å²) in [5.41, 5.74) is 2.93. The van der Waals surface area contributed by atoms with Crippen LogP contribution < -0.4 is 0 Å². The summed E-state index contributed by atoms with van der Waals surface area (Å²) in [6.45, 7) is 3.32. The summed E-state index contributed by atoms with van der Waals surface area (Å²) in [5, 5.41) is 10.8. The average Bonchev–Trinajstić information content (AvgIpc) is 3.18. The van der Waals surface area contributed by atoms with Crippen LogP contribution in [0.25, 0.3) is 0 Å². The highest BCUT2D eigenvalue weighted by Gasteiger charge is 2.24. The summed E-state index contributed by atoms with van der Waals surface area (Å²) in [4.78, 5) is 21.8. The second-order valence-electron chi connectivity index (χ2n) is 5.65. The smallest absolute Gasteiger partial charge is 0.304 e. The van der Waals surface area contributed by atoms with E-state index in [0.717, 1.165) is 44.0 Å². The number of piperidine rings is 1. The fourth-order valence-corrected chi connectivity index (χ4v) is 3.52. The van der Waals surface area contributed by atoms with Gasteiger partial charge < -0.3 is 14.6 Å². The summed E-state index contributed by atoms with van der Waals surface area (Å²) in [6.07, 6.45) is 6.18. The van der Waals surface area contributed by atoms with E-state index in [-0.39, 0.29) is 6.42 Å². The molecule has 1 saturated heterocycles. The summed E-state index contributed by atoms with van der Waals surface area (Å²) in [5.74, 6) is 0.863. The van der Waals surface area contributed by atoms with Crippen LogP contribution in [0.15, 0.2) is 23.3 Å². The zero-order valence-corrected chi connectivity index (χ0v) is 13.2. The van der Waals surface area contributed by atoms with E-state index in [0.29, 0.717) is 12.5 Å². The van der Waals surface area contributed by atoms with E-state index in [1.807, 2.05) is 17.9 Å². The molecule has 1 N–H and O–H groups in total. The monoisotopic (exact) mass is 320 g/mol. The molecular weight excluding hydrogens is 300 g/mol. The van der Waals surface area contributed by atoms with E-state index in [1.54, 1.807) is 11.3 Å². The van der Waals surface area contributed by atoms with Crippen molar-refractivity contribution in [3.8, 4) is 0 Å². The summed E-state index contributed by atoms with van der Waals surface area (Å²) in [7, 11) is 0. The third-order valence-corrected chi connectivity index (χ3v) is 4.79. The van der Waals surface area contributed by atoms with Crippen LogP contribution in [0.3, 0.4) is 0 Å². The van der Waals surface area contributed by atoms with E-state index < -0.39 is 5.97 Å². The van der Waals surface area contributed by atoms with Gasteiger partial charge in [0.15, 0.2) is 0 Å². The zero-order chi connectivity index (χ0) is 15.4.